The van der Waals surface area contributed by atoms with Crippen LogP contribution in [0.15, 0.2) is 12.7 Å². The second-order valence-corrected chi connectivity index (χ2v) is 3.72. The van der Waals surface area contributed by atoms with Crippen molar-refractivity contribution in [2.24, 2.45) is 5.41 Å². The predicted molar refractivity (Wildman–Crippen MR) is 50.5 cm³/mol. The van der Waals surface area contributed by atoms with Crippen LogP contribution in [0.2, 0.25) is 0 Å². The monoisotopic (exact) mass is 184 g/mol. The molecule has 74 valence electrons. The van der Waals surface area contributed by atoms with E-state index in [0.29, 0.717) is 19.3 Å². The first kappa shape index (κ1) is 11.9. The predicted octanol–water partition coefficient (Wildman–Crippen LogP) is 2.02. The molecule has 0 heterocycles. The quantitative estimate of drug-likeness (QED) is 0.642. The van der Waals surface area contributed by atoms with Gasteiger partial charge in [-0.3, -0.25) is 9.59 Å². The van der Waals surface area contributed by atoms with Crippen LogP contribution < -0.4 is 0 Å². The first-order chi connectivity index (χ1) is 5.90. The topological polar surface area (TPSA) is 54.4 Å². The summed E-state index contributed by atoms with van der Waals surface area (Å²) in [7, 11) is 0. The summed E-state index contributed by atoms with van der Waals surface area (Å²) in [6, 6.07) is 0. The molecule has 0 radical (unpaired) electrons. The molecular weight excluding hydrogens is 168 g/mol. The van der Waals surface area contributed by atoms with E-state index in [2.05, 4.69) is 6.58 Å². The highest BCUT2D eigenvalue weighted by Crippen LogP contribution is 2.22. The summed E-state index contributed by atoms with van der Waals surface area (Å²) in [6.45, 7) is 6.69. The van der Waals surface area contributed by atoms with Gasteiger partial charge in [0.05, 0.1) is 5.41 Å². The third-order valence-corrected chi connectivity index (χ3v) is 1.98. The number of rotatable bonds is 6. The number of Topliss-reactive ketones (excluding diaryl/α,β-unsaturated/α-hetero) is 1. The molecule has 1 N–H and O–H groups in total. The second kappa shape index (κ2) is 4.80. The van der Waals surface area contributed by atoms with E-state index < -0.39 is 11.4 Å². The maximum atomic E-state index is 11.0. The van der Waals surface area contributed by atoms with Gasteiger partial charge in [-0.25, -0.2) is 0 Å². The van der Waals surface area contributed by atoms with Crippen molar-refractivity contribution >= 4 is 11.8 Å². The second-order valence-electron chi connectivity index (χ2n) is 3.72. The lowest BCUT2D eigenvalue weighted by molar-refractivity contribution is -0.147. The number of hydrogen-bond donors (Lipinski definition) is 1. The van der Waals surface area contributed by atoms with Gasteiger partial charge in [0, 0.05) is 12.8 Å². The number of aliphatic carboxylic acids is 1. The highest BCUT2D eigenvalue weighted by atomic mass is 16.4. The van der Waals surface area contributed by atoms with E-state index >= 15 is 0 Å². The summed E-state index contributed by atoms with van der Waals surface area (Å²) < 4.78 is 0. The molecule has 0 atom stereocenters. The van der Waals surface area contributed by atoms with Gasteiger partial charge >= 0.3 is 5.97 Å². The molecule has 0 aromatic rings. The number of carboxylic acids is 1. The SMILES string of the molecule is C=CCC(=O)CCC(C)(C)C(=O)O. The maximum Gasteiger partial charge on any atom is 0.309 e. The van der Waals surface area contributed by atoms with Crippen LogP contribution in [-0.4, -0.2) is 16.9 Å². The first-order valence-corrected chi connectivity index (χ1v) is 4.26. The molecule has 0 fully saturated rings. The Bertz CT molecular complexity index is 216. The fourth-order valence-electron chi connectivity index (χ4n) is 0.822. The summed E-state index contributed by atoms with van der Waals surface area (Å²) >= 11 is 0. The Morgan fingerprint density at radius 1 is 1.46 bits per heavy atom. The summed E-state index contributed by atoms with van der Waals surface area (Å²) in [5.74, 6) is -0.816. The zero-order valence-corrected chi connectivity index (χ0v) is 8.17. The van der Waals surface area contributed by atoms with Gasteiger partial charge in [0.15, 0.2) is 0 Å². The number of ketones is 1. The van der Waals surface area contributed by atoms with Gasteiger partial charge in [-0.1, -0.05) is 6.08 Å². The van der Waals surface area contributed by atoms with Crippen molar-refractivity contribution in [3.05, 3.63) is 12.7 Å². The smallest absolute Gasteiger partial charge is 0.309 e. The van der Waals surface area contributed by atoms with Gasteiger partial charge in [0.2, 0.25) is 0 Å². The van der Waals surface area contributed by atoms with Crippen LogP contribution in [0.5, 0.6) is 0 Å². The molecule has 0 spiro atoms. The molecule has 0 aromatic carbocycles. The number of carboxylic acid groups (broad SMARTS) is 1. The molecule has 0 aliphatic heterocycles. The minimum atomic E-state index is -0.862. The van der Waals surface area contributed by atoms with Crippen LogP contribution >= 0.6 is 0 Å². The lowest BCUT2D eigenvalue weighted by Crippen LogP contribution is -2.24. The summed E-state index contributed by atoms with van der Waals surface area (Å²) in [4.78, 5) is 21.7. The average molecular weight is 184 g/mol. The number of allylic oxidation sites excluding steroid dienone is 1. The highest BCUT2D eigenvalue weighted by molar-refractivity contribution is 5.81. The van der Waals surface area contributed by atoms with Crippen molar-refractivity contribution in [2.45, 2.75) is 33.1 Å². The molecule has 0 aromatic heterocycles. The number of hydrogen-bond acceptors (Lipinski definition) is 2. The molecule has 0 aliphatic carbocycles. The van der Waals surface area contributed by atoms with Gasteiger partial charge in [-0.2, -0.15) is 0 Å². The van der Waals surface area contributed by atoms with Crippen LogP contribution in [0.3, 0.4) is 0 Å². The minimum absolute atomic E-state index is 0.0457. The Morgan fingerprint density at radius 2 is 2.00 bits per heavy atom. The van der Waals surface area contributed by atoms with E-state index in [1.54, 1.807) is 13.8 Å². The van der Waals surface area contributed by atoms with Crippen LogP contribution in [0.25, 0.3) is 0 Å². The lowest BCUT2D eigenvalue weighted by atomic mass is 9.87. The molecule has 0 saturated heterocycles. The maximum absolute atomic E-state index is 11.0. The van der Waals surface area contributed by atoms with E-state index in [1.165, 1.54) is 6.08 Å². The lowest BCUT2D eigenvalue weighted by Gasteiger charge is -2.17. The zero-order chi connectivity index (χ0) is 10.5. The number of carbonyl (C=O) groups is 2. The molecule has 0 bridgehead atoms. The molecule has 3 nitrogen and oxygen atoms in total. The summed E-state index contributed by atoms with van der Waals surface area (Å²) in [5.41, 5.74) is -0.809. The third-order valence-electron chi connectivity index (χ3n) is 1.98. The first-order valence-electron chi connectivity index (χ1n) is 4.26. The van der Waals surface area contributed by atoms with Crippen molar-refractivity contribution in [3.63, 3.8) is 0 Å². The van der Waals surface area contributed by atoms with Crippen LogP contribution in [-0.2, 0) is 9.59 Å². The van der Waals surface area contributed by atoms with Crippen LogP contribution in [0.1, 0.15) is 33.1 Å². The Kier molecular flexibility index (Phi) is 4.38. The molecular formula is C10H16O3. The van der Waals surface area contributed by atoms with E-state index in [9.17, 15) is 9.59 Å². The van der Waals surface area contributed by atoms with E-state index in [0.717, 1.165) is 0 Å². The average Bonchev–Trinajstić information content (AvgIpc) is 2.01. The van der Waals surface area contributed by atoms with Crippen molar-refractivity contribution in [1.82, 2.24) is 0 Å². The Labute approximate surface area is 78.5 Å². The minimum Gasteiger partial charge on any atom is -0.481 e. The molecule has 0 unspecified atom stereocenters. The zero-order valence-electron chi connectivity index (χ0n) is 8.17. The van der Waals surface area contributed by atoms with Gasteiger partial charge in [0.25, 0.3) is 0 Å². The fourth-order valence-corrected chi connectivity index (χ4v) is 0.822. The highest BCUT2D eigenvalue weighted by Gasteiger charge is 2.27. The molecule has 13 heavy (non-hydrogen) atoms. The molecule has 0 rings (SSSR count). The summed E-state index contributed by atoms with van der Waals surface area (Å²) in [5, 5.41) is 8.75. The van der Waals surface area contributed by atoms with E-state index in [1.807, 2.05) is 0 Å². The normalized spacial score (nSPS) is 10.9. The van der Waals surface area contributed by atoms with E-state index in [-0.39, 0.29) is 5.78 Å². The Balaban J connectivity index is 3.94. The third kappa shape index (κ3) is 4.45. The van der Waals surface area contributed by atoms with Crippen molar-refractivity contribution in [3.8, 4) is 0 Å². The number of carbonyl (C=O) groups excluding carboxylic acids is 1. The van der Waals surface area contributed by atoms with Gasteiger partial charge < -0.3 is 5.11 Å². The standard InChI is InChI=1S/C10H16O3/c1-4-5-8(11)6-7-10(2,3)9(12)13/h4H,1,5-7H2,2-3H3,(H,12,13). The molecule has 0 amide bonds. The van der Waals surface area contributed by atoms with Crippen molar-refractivity contribution < 1.29 is 14.7 Å². The van der Waals surface area contributed by atoms with Gasteiger partial charge in [0.1, 0.15) is 5.78 Å². The fraction of sp³-hybridized carbons (Fsp3) is 0.600. The van der Waals surface area contributed by atoms with Gasteiger partial charge in [-0.15, -0.1) is 6.58 Å². The van der Waals surface area contributed by atoms with Crippen molar-refractivity contribution in [1.29, 1.82) is 0 Å². The molecule has 0 saturated carbocycles. The van der Waals surface area contributed by atoms with Crippen LogP contribution in [0.4, 0.5) is 0 Å². The molecule has 3 heteroatoms. The largest absolute Gasteiger partial charge is 0.481 e. The Morgan fingerprint density at radius 3 is 2.38 bits per heavy atom. The Hall–Kier alpha value is -1.12. The van der Waals surface area contributed by atoms with Crippen LogP contribution in [0, 0.1) is 5.41 Å². The molecule has 0 aliphatic rings. The summed E-state index contributed by atoms with van der Waals surface area (Å²) in [6.07, 6.45) is 2.56. The van der Waals surface area contributed by atoms with Crippen molar-refractivity contribution in [2.75, 3.05) is 0 Å². The van der Waals surface area contributed by atoms with E-state index in [4.69, 9.17) is 5.11 Å². The van der Waals surface area contributed by atoms with Gasteiger partial charge in [-0.05, 0) is 20.3 Å².